The van der Waals surface area contributed by atoms with E-state index in [0.29, 0.717) is 30.4 Å². The molecule has 16 heavy (non-hydrogen) atoms. The van der Waals surface area contributed by atoms with Crippen LogP contribution in [0.5, 0.6) is 0 Å². The lowest BCUT2D eigenvalue weighted by molar-refractivity contribution is 0.0775. The SMILES string of the molecule is O=C(c1ccc(Br)cc1)N(CCCl)CCCl. The summed E-state index contributed by atoms with van der Waals surface area (Å²) >= 11 is 14.6. The van der Waals surface area contributed by atoms with E-state index in [0.717, 1.165) is 4.47 Å². The molecule has 0 unspecified atom stereocenters. The molecule has 1 aromatic carbocycles. The molecule has 1 rings (SSSR count). The number of carbonyl (C=O) groups is 1. The van der Waals surface area contributed by atoms with Gasteiger partial charge in [-0.05, 0) is 24.3 Å². The monoisotopic (exact) mass is 323 g/mol. The van der Waals surface area contributed by atoms with Crippen LogP contribution in [0.2, 0.25) is 0 Å². The highest BCUT2D eigenvalue weighted by molar-refractivity contribution is 9.10. The van der Waals surface area contributed by atoms with Crippen LogP contribution in [-0.2, 0) is 0 Å². The molecule has 88 valence electrons. The minimum atomic E-state index is -0.0335. The number of carbonyl (C=O) groups excluding carboxylic acids is 1. The maximum atomic E-state index is 12.0. The molecular formula is C11H12BrCl2NO. The molecule has 0 saturated heterocycles. The molecule has 0 aliphatic heterocycles. The van der Waals surface area contributed by atoms with Crippen molar-refractivity contribution in [2.45, 2.75) is 0 Å². The Morgan fingerprint density at radius 3 is 2.06 bits per heavy atom. The van der Waals surface area contributed by atoms with Gasteiger partial charge in [-0.3, -0.25) is 4.79 Å². The zero-order valence-electron chi connectivity index (χ0n) is 8.63. The second-order valence-electron chi connectivity index (χ2n) is 3.18. The summed E-state index contributed by atoms with van der Waals surface area (Å²) in [6.45, 7) is 1.03. The first-order valence-corrected chi connectivity index (χ1v) is 6.72. The summed E-state index contributed by atoms with van der Waals surface area (Å²) in [6.07, 6.45) is 0. The Balaban J connectivity index is 2.77. The minimum absolute atomic E-state index is 0.0335. The standard InChI is InChI=1S/C11H12BrCl2NO/c12-10-3-1-9(2-4-10)11(16)15(7-5-13)8-6-14/h1-4H,5-8H2. The van der Waals surface area contributed by atoms with Crippen LogP contribution in [0.15, 0.2) is 28.7 Å². The van der Waals surface area contributed by atoms with Crippen LogP contribution < -0.4 is 0 Å². The highest BCUT2D eigenvalue weighted by Crippen LogP contribution is 2.12. The molecule has 0 heterocycles. The largest absolute Gasteiger partial charge is 0.336 e. The van der Waals surface area contributed by atoms with Crippen molar-refractivity contribution >= 4 is 45.0 Å². The van der Waals surface area contributed by atoms with Crippen molar-refractivity contribution in [2.24, 2.45) is 0 Å². The maximum absolute atomic E-state index is 12.0. The van der Waals surface area contributed by atoms with Gasteiger partial charge in [0, 0.05) is 34.9 Å². The molecule has 0 aliphatic rings. The summed E-state index contributed by atoms with van der Waals surface area (Å²) in [5.41, 5.74) is 0.651. The molecule has 0 saturated carbocycles. The van der Waals surface area contributed by atoms with E-state index in [1.54, 1.807) is 17.0 Å². The van der Waals surface area contributed by atoms with Gasteiger partial charge in [-0.25, -0.2) is 0 Å². The van der Waals surface area contributed by atoms with E-state index in [9.17, 15) is 4.79 Å². The molecule has 0 fully saturated rings. The lowest BCUT2D eigenvalue weighted by Gasteiger charge is -2.20. The van der Waals surface area contributed by atoms with Crippen molar-refractivity contribution in [2.75, 3.05) is 24.8 Å². The molecule has 1 aromatic rings. The molecule has 0 aromatic heterocycles. The van der Waals surface area contributed by atoms with E-state index in [-0.39, 0.29) is 5.91 Å². The fourth-order valence-electron chi connectivity index (χ4n) is 1.29. The van der Waals surface area contributed by atoms with Crippen LogP contribution in [0.1, 0.15) is 10.4 Å². The molecular weight excluding hydrogens is 313 g/mol. The molecule has 0 N–H and O–H groups in total. The van der Waals surface area contributed by atoms with Gasteiger partial charge in [-0.15, -0.1) is 23.2 Å². The zero-order chi connectivity index (χ0) is 12.0. The number of amides is 1. The first-order chi connectivity index (χ1) is 7.69. The Morgan fingerprint density at radius 2 is 1.62 bits per heavy atom. The van der Waals surface area contributed by atoms with E-state index >= 15 is 0 Å². The van der Waals surface area contributed by atoms with Crippen LogP contribution in [-0.4, -0.2) is 35.7 Å². The van der Waals surface area contributed by atoms with E-state index in [2.05, 4.69) is 15.9 Å². The molecule has 0 bridgehead atoms. The minimum Gasteiger partial charge on any atom is -0.336 e. The van der Waals surface area contributed by atoms with Gasteiger partial charge in [0.05, 0.1) is 0 Å². The van der Waals surface area contributed by atoms with Crippen LogP contribution in [0.4, 0.5) is 0 Å². The van der Waals surface area contributed by atoms with Gasteiger partial charge in [-0.2, -0.15) is 0 Å². The van der Waals surface area contributed by atoms with Gasteiger partial charge in [0.2, 0.25) is 0 Å². The lowest BCUT2D eigenvalue weighted by atomic mass is 10.2. The van der Waals surface area contributed by atoms with Crippen LogP contribution in [0, 0.1) is 0 Å². The van der Waals surface area contributed by atoms with E-state index in [1.165, 1.54) is 0 Å². The van der Waals surface area contributed by atoms with E-state index in [4.69, 9.17) is 23.2 Å². The van der Waals surface area contributed by atoms with Crippen molar-refractivity contribution in [3.05, 3.63) is 34.3 Å². The maximum Gasteiger partial charge on any atom is 0.253 e. The zero-order valence-corrected chi connectivity index (χ0v) is 11.7. The number of nitrogens with zero attached hydrogens (tertiary/aromatic N) is 1. The first kappa shape index (κ1) is 13.8. The van der Waals surface area contributed by atoms with Gasteiger partial charge in [0.25, 0.3) is 5.91 Å². The quantitative estimate of drug-likeness (QED) is 0.760. The van der Waals surface area contributed by atoms with Gasteiger partial charge >= 0.3 is 0 Å². The number of benzene rings is 1. The Morgan fingerprint density at radius 1 is 1.12 bits per heavy atom. The smallest absolute Gasteiger partial charge is 0.253 e. The third kappa shape index (κ3) is 3.96. The number of hydrogen-bond acceptors (Lipinski definition) is 1. The van der Waals surface area contributed by atoms with Gasteiger partial charge in [0.15, 0.2) is 0 Å². The summed E-state index contributed by atoms with van der Waals surface area (Å²) < 4.78 is 0.949. The van der Waals surface area contributed by atoms with E-state index < -0.39 is 0 Å². The predicted molar refractivity (Wildman–Crippen MR) is 71.5 cm³/mol. The molecule has 0 spiro atoms. The fourth-order valence-corrected chi connectivity index (χ4v) is 1.97. The van der Waals surface area contributed by atoms with Gasteiger partial charge in [0.1, 0.15) is 0 Å². The fraction of sp³-hybridized carbons (Fsp3) is 0.364. The van der Waals surface area contributed by atoms with Gasteiger partial charge < -0.3 is 4.90 Å². The highest BCUT2D eigenvalue weighted by Gasteiger charge is 2.14. The summed E-state index contributed by atoms with van der Waals surface area (Å²) in [5, 5.41) is 0. The van der Waals surface area contributed by atoms with Crippen molar-refractivity contribution in [3.8, 4) is 0 Å². The Kier molecular flexibility index (Phi) is 6.17. The molecule has 2 nitrogen and oxygen atoms in total. The Bertz CT molecular complexity index is 336. The third-order valence-electron chi connectivity index (χ3n) is 2.09. The van der Waals surface area contributed by atoms with Crippen molar-refractivity contribution < 1.29 is 4.79 Å². The summed E-state index contributed by atoms with van der Waals surface area (Å²) in [7, 11) is 0. The average Bonchev–Trinajstić information content (AvgIpc) is 2.29. The Hall–Kier alpha value is -0.250. The highest BCUT2D eigenvalue weighted by atomic mass is 79.9. The molecule has 1 amide bonds. The molecule has 0 aliphatic carbocycles. The first-order valence-electron chi connectivity index (χ1n) is 4.86. The van der Waals surface area contributed by atoms with Crippen molar-refractivity contribution in [1.82, 2.24) is 4.90 Å². The summed E-state index contributed by atoms with van der Waals surface area (Å²) in [6, 6.07) is 7.24. The average molecular weight is 325 g/mol. The topological polar surface area (TPSA) is 20.3 Å². The molecule has 0 atom stereocenters. The van der Waals surface area contributed by atoms with Crippen molar-refractivity contribution in [1.29, 1.82) is 0 Å². The van der Waals surface area contributed by atoms with Crippen LogP contribution in [0.25, 0.3) is 0 Å². The molecule has 0 radical (unpaired) electrons. The van der Waals surface area contributed by atoms with Crippen molar-refractivity contribution in [3.63, 3.8) is 0 Å². The van der Waals surface area contributed by atoms with Crippen LogP contribution in [0.3, 0.4) is 0 Å². The number of hydrogen-bond donors (Lipinski definition) is 0. The third-order valence-corrected chi connectivity index (χ3v) is 2.95. The normalized spacial score (nSPS) is 10.2. The second kappa shape index (κ2) is 7.15. The summed E-state index contributed by atoms with van der Waals surface area (Å²) in [4.78, 5) is 13.7. The predicted octanol–water partition coefficient (Wildman–Crippen LogP) is 3.37. The van der Waals surface area contributed by atoms with Gasteiger partial charge in [-0.1, -0.05) is 15.9 Å². The number of alkyl halides is 2. The Labute approximate surface area is 114 Å². The number of halogens is 3. The summed E-state index contributed by atoms with van der Waals surface area (Å²) in [5.74, 6) is 0.798. The lowest BCUT2D eigenvalue weighted by Crippen LogP contribution is -2.34. The van der Waals surface area contributed by atoms with Crippen LogP contribution >= 0.6 is 39.1 Å². The van der Waals surface area contributed by atoms with E-state index in [1.807, 2.05) is 12.1 Å². The second-order valence-corrected chi connectivity index (χ2v) is 4.85. The molecule has 5 heteroatoms. The number of rotatable bonds is 5.